The Balaban J connectivity index is 1.71. The maximum Gasteiger partial charge on any atom is 0.251 e. The Bertz CT molecular complexity index is 896. The number of benzene rings is 1. The molecular formula is C23H29N3O. The Morgan fingerprint density at radius 2 is 2.00 bits per heavy atom. The summed E-state index contributed by atoms with van der Waals surface area (Å²) >= 11 is 0. The molecule has 142 valence electrons. The standard InChI is InChI=1S/C23H29N3O/c1-3-26(4-2)21-14-8-13-19-18-12-7-9-16(15-20(18)25-22(19)21)23(27)24-17-10-5-6-11-17/h7-9,13-15,17,25H,3-6,10-12H2,1-2H3,(H,24,27). The molecule has 1 fully saturated rings. The molecule has 1 heterocycles. The van der Waals surface area contributed by atoms with Crippen molar-refractivity contribution in [3.63, 3.8) is 0 Å². The second-order valence-electron chi connectivity index (χ2n) is 7.55. The van der Waals surface area contributed by atoms with Gasteiger partial charge in [0.2, 0.25) is 0 Å². The molecule has 2 aliphatic carbocycles. The summed E-state index contributed by atoms with van der Waals surface area (Å²) in [5, 5.41) is 4.47. The van der Waals surface area contributed by atoms with Crippen LogP contribution >= 0.6 is 0 Å². The number of hydrogen-bond acceptors (Lipinski definition) is 2. The van der Waals surface area contributed by atoms with Crippen LogP contribution in [0.15, 0.2) is 35.9 Å². The summed E-state index contributed by atoms with van der Waals surface area (Å²) in [6, 6.07) is 6.84. The number of amides is 1. The van der Waals surface area contributed by atoms with Gasteiger partial charge >= 0.3 is 0 Å². The number of para-hydroxylation sites is 1. The van der Waals surface area contributed by atoms with E-state index in [1.165, 1.54) is 35.0 Å². The predicted octanol–water partition coefficient (Wildman–Crippen LogP) is 4.57. The number of H-pyrrole nitrogens is 1. The van der Waals surface area contributed by atoms with Gasteiger partial charge in [-0.15, -0.1) is 0 Å². The van der Waals surface area contributed by atoms with E-state index in [9.17, 15) is 4.79 Å². The fourth-order valence-corrected chi connectivity index (χ4v) is 4.44. The molecule has 0 spiro atoms. The zero-order valence-corrected chi connectivity index (χ0v) is 16.3. The minimum absolute atomic E-state index is 0.0497. The summed E-state index contributed by atoms with van der Waals surface area (Å²) in [4.78, 5) is 18.7. The Morgan fingerprint density at radius 1 is 1.22 bits per heavy atom. The molecule has 2 N–H and O–H groups in total. The van der Waals surface area contributed by atoms with Crippen LogP contribution in [0.4, 0.5) is 5.69 Å². The Hall–Kier alpha value is -2.49. The van der Waals surface area contributed by atoms with Crippen molar-refractivity contribution < 1.29 is 4.79 Å². The number of fused-ring (bicyclic) bond motifs is 3. The van der Waals surface area contributed by atoms with E-state index in [0.717, 1.165) is 43.6 Å². The van der Waals surface area contributed by atoms with Crippen LogP contribution < -0.4 is 10.2 Å². The maximum atomic E-state index is 12.7. The summed E-state index contributed by atoms with van der Waals surface area (Å²) in [5.74, 6) is 0.0497. The van der Waals surface area contributed by atoms with E-state index in [1.807, 2.05) is 12.2 Å². The third-order valence-electron chi connectivity index (χ3n) is 5.93. The van der Waals surface area contributed by atoms with E-state index in [4.69, 9.17) is 0 Å². The van der Waals surface area contributed by atoms with Gasteiger partial charge in [0.25, 0.3) is 5.91 Å². The molecule has 27 heavy (non-hydrogen) atoms. The lowest BCUT2D eigenvalue weighted by Crippen LogP contribution is -2.33. The molecule has 0 unspecified atom stereocenters. The van der Waals surface area contributed by atoms with Gasteiger partial charge in [0.05, 0.1) is 11.2 Å². The molecule has 4 heteroatoms. The van der Waals surface area contributed by atoms with Crippen LogP contribution in [0.25, 0.3) is 17.0 Å². The lowest BCUT2D eigenvalue weighted by Gasteiger charge is -2.21. The van der Waals surface area contributed by atoms with Gasteiger partial charge in [-0.3, -0.25) is 4.79 Å². The average molecular weight is 364 g/mol. The van der Waals surface area contributed by atoms with Crippen molar-refractivity contribution in [1.29, 1.82) is 0 Å². The molecule has 0 bridgehead atoms. The maximum absolute atomic E-state index is 12.7. The summed E-state index contributed by atoms with van der Waals surface area (Å²) in [6.07, 6.45) is 11.6. The number of carbonyl (C=O) groups is 1. The molecule has 4 rings (SSSR count). The van der Waals surface area contributed by atoms with Crippen LogP contribution in [-0.4, -0.2) is 30.0 Å². The van der Waals surface area contributed by atoms with E-state index in [1.54, 1.807) is 0 Å². The second-order valence-corrected chi connectivity index (χ2v) is 7.55. The first-order valence-corrected chi connectivity index (χ1v) is 10.3. The molecule has 1 amide bonds. The first kappa shape index (κ1) is 17.9. The Labute approximate surface area is 161 Å². The van der Waals surface area contributed by atoms with E-state index in [0.29, 0.717) is 6.04 Å². The van der Waals surface area contributed by atoms with Crippen molar-refractivity contribution in [2.24, 2.45) is 0 Å². The quantitative estimate of drug-likeness (QED) is 0.817. The minimum Gasteiger partial charge on any atom is -0.370 e. The average Bonchev–Trinajstić information content (AvgIpc) is 3.25. The van der Waals surface area contributed by atoms with Gasteiger partial charge in [-0.2, -0.15) is 0 Å². The number of anilines is 1. The zero-order chi connectivity index (χ0) is 18.8. The van der Waals surface area contributed by atoms with Gasteiger partial charge in [-0.05, 0) is 50.8 Å². The number of hydrogen-bond donors (Lipinski definition) is 2. The fourth-order valence-electron chi connectivity index (χ4n) is 4.44. The van der Waals surface area contributed by atoms with Gasteiger partial charge < -0.3 is 15.2 Å². The first-order chi connectivity index (χ1) is 13.2. The highest BCUT2D eigenvalue weighted by Crippen LogP contribution is 2.33. The first-order valence-electron chi connectivity index (χ1n) is 10.3. The molecule has 4 nitrogen and oxygen atoms in total. The van der Waals surface area contributed by atoms with Crippen molar-refractivity contribution in [2.75, 3.05) is 18.0 Å². The van der Waals surface area contributed by atoms with Crippen LogP contribution in [0.2, 0.25) is 0 Å². The summed E-state index contributed by atoms with van der Waals surface area (Å²) in [7, 11) is 0. The fraction of sp³-hybridized carbons (Fsp3) is 0.435. The van der Waals surface area contributed by atoms with Crippen LogP contribution in [0.3, 0.4) is 0 Å². The normalized spacial score (nSPS) is 16.9. The number of carbonyl (C=O) groups excluding carboxylic acids is 1. The predicted molar refractivity (Wildman–Crippen MR) is 113 cm³/mol. The highest BCUT2D eigenvalue weighted by molar-refractivity contribution is 6.03. The number of nitrogens with zero attached hydrogens (tertiary/aromatic N) is 1. The Kier molecular flexibility index (Phi) is 5.06. The number of nitrogens with one attached hydrogen (secondary N) is 2. The molecule has 2 aliphatic rings. The van der Waals surface area contributed by atoms with Crippen molar-refractivity contribution >= 4 is 28.6 Å². The third kappa shape index (κ3) is 3.41. The smallest absolute Gasteiger partial charge is 0.251 e. The number of allylic oxidation sites excluding steroid dienone is 1. The molecule has 1 aromatic heterocycles. The minimum atomic E-state index is 0.0497. The van der Waals surface area contributed by atoms with Crippen molar-refractivity contribution in [3.8, 4) is 0 Å². The third-order valence-corrected chi connectivity index (χ3v) is 5.93. The van der Waals surface area contributed by atoms with Crippen molar-refractivity contribution in [1.82, 2.24) is 10.3 Å². The van der Waals surface area contributed by atoms with Crippen LogP contribution in [-0.2, 0) is 11.2 Å². The van der Waals surface area contributed by atoms with E-state index >= 15 is 0 Å². The van der Waals surface area contributed by atoms with E-state index in [-0.39, 0.29) is 5.91 Å². The molecule has 1 aromatic carbocycles. The summed E-state index contributed by atoms with van der Waals surface area (Å²) in [6.45, 7) is 6.32. The zero-order valence-electron chi connectivity index (χ0n) is 16.3. The van der Waals surface area contributed by atoms with Gasteiger partial charge in [-0.1, -0.05) is 37.1 Å². The molecule has 0 radical (unpaired) electrons. The largest absolute Gasteiger partial charge is 0.370 e. The van der Waals surface area contributed by atoms with Crippen LogP contribution in [0.1, 0.15) is 50.8 Å². The summed E-state index contributed by atoms with van der Waals surface area (Å²) < 4.78 is 0. The van der Waals surface area contributed by atoms with Crippen molar-refractivity contribution in [3.05, 3.63) is 47.2 Å². The number of rotatable bonds is 5. The van der Waals surface area contributed by atoms with E-state index < -0.39 is 0 Å². The highest BCUT2D eigenvalue weighted by Gasteiger charge is 2.21. The Morgan fingerprint density at radius 3 is 2.74 bits per heavy atom. The molecule has 0 atom stereocenters. The molecule has 2 aromatic rings. The van der Waals surface area contributed by atoms with Gasteiger partial charge in [0, 0.05) is 35.8 Å². The molecule has 1 saturated carbocycles. The summed E-state index contributed by atoms with van der Waals surface area (Å²) in [5.41, 5.74) is 5.50. The van der Waals surface area contributed by atoms with Crippen LogP contribution in [0.5, 0.6) is 0 Å². The van der Waals surface area contributed by atoms with Gasteiger partial charge in [-0.25, -0.2) is 0 Å². The van der Waals surface area contributed by atoms with Crippen LogP contribution in [0, 0.1) is 0 Å². The topological polar surface area (TPSA) is 48.1 Å². The lowest BCUT2D eigenvalue weighted by atomic mass is 10.1. The number of aromatic amines is 1. The monoisotopic (exact) mass is 363 g/mol. The molecule has 0 saturated heterocycles. The van der Waals surface area contributed by atoms with E-state index in [2.05, 4.69) is 53.3 Å². The molecular weight excluding hydrogens is 334 g/mol. The van der Waals surface area contributed by atoms with Crippen molar-refractivity contribution in [2.45, 2.75) is 52.0 Å². The number of aromatic nitrogens is 1. The SMILES string of the molecule is CCN(CC)c1cccc2c3c([nH]c12)C=C(C(=O)NC1CCCC1)C=CC3. The lowest BCUT2D eigenvalue weighted by molar-refractivity contribution is -0.117. The second kappa shape index (κ2) is 7.63. The highest BCUT2D eigenvalue weighted by atomic mass is 16.1. The molecule has 0 aliphatic heterocycles. The van der Waals surface area contributed by atoms with Gasteiger partial charge in [0.15, 0.2) is 0 Å². The van der Waals surface area contributed by atoms with Gasteiger partial charge in [0.1, 0.15) is 0 Å².